The van der Waals surface area contributed by atoms with Crippen LogP contribution in [0.2, 0.25) is 0 Å². The van der Waals surface area contributed by atoms with Crippen molar-refractivity contribution >= 4 is 17.7 Å². The second-order valence-electron chi connectivity index (χ2n) is 4.57. The molecule has 0 unspecified atom stereocenters. The standard InChI is InChI=1S/C10H13N3O3/c1-10(2)6(7(10)9(15)16)8(14)12-5-3-4-11-13-5/h3-4,6-7H,1-2H3,(H,15,16)(H2,11,12,13,14)/t6-,7+/m0/s1. The highest BCUT2D eigenvalue weighted by Gasteiger charge is 2.65. The first-order valence-electron chi connectivity index (χ1n) is 4.97. The van der Waals surface area contributed by atoms with Crippen LogP contribution in [-0.4, -0.2) is 27.2 Å². The van der Waals surface area contributed by atoms with E-state index in [0.29, 0.717) is 5.82 Å². The van der Waals surface area contributed by atoms with Crippen LogP contribution < -0.4 is 5.32 Å². The second-order valence-corrected chi connectivity index (χ2v) is 4.57. The van der Waals surface area contributed by atoms with Gasteiger partial charge in [0.2, 0.25) is 5.91 Å². The molecule has 1 aromatic rings. The van der Waals surface area contributed by atoms with E-state index in [4.69, 9.17) is 5.11 Å². The molecule has 1 aliphatic carbocycles. The summed E-state index contributed by atoms with van der Waals surface area (Å²) < 4.78 is 0. The number of anilines is 1. The number of amides is 1. The summed E-state index contributed by atoms with van der Waals surface area (Å²) in [5.74, 6) is -1.79. The summed E-state index contributed by atoms with van der Waals surface area (Å²) in [4.78, 5) is 22.7. The molecule has 0 radical (unpaired) electrons. The Morgan fingerprint density at radius 3 is 2.62 bits per heavy atom. The van der Waals surface area contributed by atoms with Crippen LogP contribution in [0.4, 0.5) is 5.82 Å². The van der Waals surface area contributed by atoms with Crippen LogP contribution in [0.5, 0.6) is 0 Å². The number of aromatic amines is 1. The van der Waals surface area contributed by atoms with E-state index >= 15 is 0 Å². The fraction of sp³-hybridized carbons (Fsp3) is 0.500. The van der Waals surface area contributed by atoms with E-state index in [0.717, 1.165) is 0 Å². The Morgan fingerprint density at radius 2 is 2.19 bits per heavy atom. The molecule has 1 aromatic heterocycles. The van der Waals surface area contributed by atoms with Crippen molar-refractivity contribution in [3.05, 3.63) is 12.3 Å². The van der Waals surface area contributed by atoms with E-state index in [2.05, 4.69) is 15.5 Å². The quantitative estimate of drug-likeness (QED) is 0.703. The Kier molecular flexibility index (Phi) is 2.22. The molecule has 2 atom stereocenters. The number of hydrogen-bond donors (Lipinski definition) is 3. The third-order valence-corrected chi connectivity index (χ3v) is 3.13. The van der Waals surface area contributed by atoms with E-state index in [-0.39, 0.29) is 5.91 Å². The molecule has 1 saturated carbocycles. The molecule has 86 valence electrons. The van der Waals surface area contributed by atoms with Crippen LogP contribution in [-0.2, 0) is 9.59 Å². The van der Waals surface area contributed by atoms with Gasteiger partial charge in [-0.3, -0.25) is 14.7 Å². The Hall–Kier alpha value is -1.85. The van der Waals surface area contributed by atoms with Crippen molar-refractivity contribution in [2.24, 2.45) is 17.3 Å². The Morgan fingerprint density at radius 1 is 1.50 bits per heavy atom. The van der Waals surface area contributed by atoms with Crippen LogP contribution in [0.25, 0.3) is 0 Å². The normalized spacial score (nSPS) is 26.1. The topological polar surface area (TPSA) is 95.1 Å². The molecule has 0 aromatic carbocycles. The summed E-state index contributed by atoms with van der Waals surface area (Å²) in [7, 11) is 0. The number of nitrogens with zero attached hydrogens (tertiary/aromatic N) is 1. The van der Waals surface area contributed by atoms with Gasteiger partial charge in [0, 0.05) is 6.07 Å². The summed E-state index contributed by atoms with van der Waals surface area (Å²) in [5.41, 5.74) is -0.476. The van der Waals surface area contributed by atoms with Gasteiger partial charge in [0.15, 0.2) is 0 Å². The highest BCUT2D eigenvalue weighted by Crippen LogP contribution is 2.58. The average Bonchev–Trinajstić information content (AvgIpc) is 2.58. The lowest BCUT2D eigenvalue weighted by Gasteiger charge is -2.02. The van der Waals surface area contributed by atoms with Gasteiger partial charge in [0.05, 0.1) is 18.0 Å². The number of carboxylic acids is 1. The molecule has 1 heterocycles. The van der Waals surface area contributed by atoms with Gasteiger partial charge >= 0.3 is 5.97 Å². The molecule has 1 fully saturated rings. The van der Waals surface area contributed by atoms with Crippen LogP contribution in [0.3, 0.4) is 0 Å². The number of carbonyl (C=O) groups is 2. The fourth-order valence-electron chi connectivity index (χ4n) is 2.12. The predicted octanol–water partition coefficient (Wildman–Crippen LogP) is 0.705. The molecule has 0 saturated heterocycles. The van der Waals surface area contributed by atoms with Crippen molar-refractivity contribution in [2.75, 3.05) is 5.32 Å². The van der Waals surface area contributed by atoms with Crippen molar-refractivity contribution in [3.8, 4) is 0 Å². The minimum atomic E-state index is -0.922. The third kappa shape index (κ3) is 1.56. The van der Waals surface area contributed by atoms with Crippen molar-refractivity contribution in [2.45, 2.75) is 13.8 Å². The van der Waals surface area contributed by atoms with Gasteiger partial charge in [-0.15, -0.1) is 0 Å². The molecule has 3 N–H and O–H groups in total. The van der Waals surface area contributed by atoms with Gasteiger partial charge in [0.1, 0.15) is 5.82 Å². The zero-order valence-corrected chi connectivity index (χ0v) is 9.02. The number of H-pyrrole nitrogens is 1. The molecule has 2 rings (SSSR count). The summed E-state index contributed by atoms with van der Waals surface area (Å²) in [6.07, 6.45) is 1.52. The first-order chi connectivity index (χ1) is 7.44. The second kappa shape index (κ2) is 3.33. The first-order valence-corrected chi connectivity index (χ1v) is 4.97. The molecule has 1 amide bonds. The molecular weight excluding hydrogens is 210 g/mol. The number of rotatable bonds is 3. The molecule has 16 heavy (non-hydrogen) atoms. The molecule has 0 aliphatic heterocycles. The van der Waals surface area contributed by atoms with Crippen LogP contribution >= 0.6 is 0 Å². The average molecular weight is 223 g/mol. The molecule has 6 heteroatoms. The number of carbonyl (C=O) groups excluding carboxylic acids is 1. The maximum absolute atomic E-state index is 11.8. The third-order valence-electron chi connectivity index (χ3n) is 3.13. The Bertz CT molecular complexity index is 425. The monoisotopic (exact) mass is 223 g/mol. The predicted molar refractivity (Wildman–Crippen MR) is 55.6 cm³/mol. The van der Waals surface area contributed by atoms with Gasteiger partial charge in [-0.25, -0.2) is 0 Å². The highest BCUT2D eigenvalue weighted by atomic mass is 16.4. The zero-order chi connectivity index (χ0) is 11.9. The number of aromatic nitrogens is 2. The van der Waals surface area contributed by atoms with Crippen molar-refractivity contribution in [1.29, 1.82) is 0 Å². The summed E-state index contributed by atoms with van der Waals surface area (Å²) in [5, 5.41) is 17.8. The minimum absolute atomic E-state index is 0.276. The lowest BCUT2D eigenvalue weighted by molar-refractivity contribution is -0.140. The molecule has 6 nitrogen and oxygen atoms in total. The SMILES string of the molecule is CC1(C)[C@H](C(=O)Nc2ccn[nH]2)[C@@H]1C(=O)O. The molecular formula is C10H13N3O3. The number of aliphatic carboxylic acids is 1. The molecule has 0 spiro atoms. The maximum atomic E-state index is 11.8. The van der Waals surface area contributed by atoms with Gasteiger partial charge in [0.25, 0.3) is 0 Å². The lowest BCUT2D eigenvalue weighted by atomic mass is 10.1. The zero-order valence-electron chi connectivity index (χ0n) is 9.02. The van der Waals surface area contributed by atoms with Gasteiger partial charge in [-0.1, -0.05) is 13.8 Å². The highest BCUT2D eigenvalue weighted by molar-refractivity contribution is 5.99. The summed E-state index contributed by atoms with van der Waals surface area (Å²) in [6.45, 7) is 3.56. The number of hydrogen-bond acceptors (Lipinski definition) is 3. The van der Waals surface area contributed by atoms with Gasteiger partial charge in [-0.05, 0) is 5.41 Å². The van der Waals surface area contributed by atoms with Gasteiger partial charge in [-0.2, -0.15) is 5.10 Å². The van der Waals surface area contributed by atoms with E-state index in [1.807, 2.05) is 0 Å². The van der Waals surface area contributed by atoms with E-state index < -0.39 is 23.2 Å². The van der Waals surface area contributed by atoms with E-state index in [9.17, 15) is 9.59 Å². The van der Waals surface area contributed by atoms with Crippen molar-refractivity contribution in [3.63, 3.8) is 0 Å². The minimum Gasteiger partial charge on any atom is -0.481 e. The molecule has 0 bridgehead atoms. The number of nitrogens with one attached hydrogen (secondary N) is 2. The lowest BCUT2D eigenvalue weighted by Crippen LogP contribution is -2.17. The smallest absolute Gasteiger partial charge is 0.307 e. The van der Waals surface area contributed by atoms with Crippen molar-refractivity contribution in [1.82, 2.24) is 10.2 Å². The molecule has 1 aliphatic rings. The first kappa shape index (κ1) is 10.7. The van der Waals surface area contributed by atoms with E-state index in [1.54, 1.807) is 19.9 Å². The van der Waals surface area contributed by atoms with Crippen molar-refractivity contribution < 1.29 is 14.7 Å². The Labute approximate surface area is 92.0 Å². The van der Waals surface area contributed by atoms with Crippen LogP contribution in [0.15, 0.2) is 12.3 Å². The number of carboxylic acid groups (broad SMARTS) is 1. The fourth-order valence-corrected chi connectivity index (χ4v) is 2.12. The van der Waals surface area contributed by atoms with E-state index in [1.165, 1.54) is 6.20 Å². The van der Waals surface area contributed by atoms with Crippen LogP contribution in [0, 0.1) is 17.3 Å². The van der Waals surface area contributed by atoms with Crippen LogP contribution in [0.1, 0.15) is 13.8 Å². The largest absolute Gasteiger partial charge is 0.481 e. The summed E-state index contributed by atoms with van der Waals surface area (Å²) in [6, 6.07) is 1.61. The van der Waals surface area contributed by atoms with Gasteiger partial charge < -0.3 is 10.4 Å². The Balaban J connectivity index is 2.05. The summed E-state index contributed by atoms with van der Waals surface area (Å²) >= 11 is 0. The maximum Gasteiger partial charge on any atom is 0.307 e.